The van der Waals surface area contributed by atoms with Crippen LogP contribution in [0.5, 0.6) is 5.75 Å². The van der Waals surface area contributed by atoms with E-state index in [0.717, 1.165) is 22.3 Å². The number of aryl methyl sites for hydroxylation is 2. The van der Waals surface area contributed by atoms with Crippen LogP contribution in [0.4, 0.5) is 0 Å². The van der Waals surface area contributed by atoms with Crippen molar-refractivity contribution in [3.63, 3.8) is 0 Å². The minimum absolute atomic E-state index is 0.0379. The van der Waals surface area contributed by atoms with Gasteiger partial charge in [-0.25, -0.2) is 9.98 Å². The van der Waals surface area contributed by atoms with Gasteiger partial charge in [0, 0.05) is 37.0 Å². The number of Topliss-reactive ketones (excluding diaryl/α,β-unsaturated/α-hetero) is 1. The van der Waals surface area contributed by atoms with Crippen LogP contribution < -0.4 is 33.6 Å². The van der Waals surface area contributed by atoms with Crippen molar-refractivity contribution in [2.45, 2.75) is 52.1 Å². The number of benzene rings is 2. The Hall–Kier alpha value is -4.54. The molecule has 2 aromatic rings. The second-order valence-electron chi connectivity index (χ2n) is 10.0. The molecular weight excluding hydrogens is 508 g/mol. The Morgan fingerprint density at radius 1 is 1.00 bits per heavy atom. The molecule has 0 aromatic heterocycles. The standard InChI is InChI=1S/C29H42N8O3/c1-17-10-23(38)11-18(2)24(17)14-25(37-29(32)33)26(39)12-19(3)27(40)34-16-22(13-21-8-6-5-7-9-21)36-20(4)15-35-28(30)31/h5-11,19,22,25,36,38H,4,12-16H2,1-3H3,(H,34,40)(H4,30,31,35)(H4,32,33,37)/t19-,22-,25-/m0/s1. The molecule has 0 radical (unpaired) electrons. The average Bonchev–Trinajstić information content (AvgIpc) is 2.87. The normalized spacial score (nSPS) is 12.9. The van der Waals surface area contributed by atoms with Crippen molar-refractivity contribution in [1.29, 1.82) is 0 Å². The number of hydrogen-bond acceptors (Lipinski definition) is 6. The van der Waals surface area contributed by atoms with Crippen LogP contribution in [-0.2, 0) is 22.4 Å². The highest BCUT2D eigenvalue weighted by atomic mass is 16.3. The number of nitrogens with one attached hydrogen (secondary N) is 2. The van der Waals surface area contributed by atoms with Gasteiger partial charge in [-0.1, -0.05) is 43.8 Å². The molecule has 0 aliphatic rings. The third-order valence-corrected chi connectivity index (χ3v) is 6.42. The molecule has 40 heavy (non-hydrogen) atoms. The Labute approximate surface area is 235 Å². The summed E-state index contributed by atoms with van der Waals surface area (Å²) in [5.41, 5.74) is 26.3. The fraction of sp³-hybridized carbons (Fsp3) is 0.379. The van der Waals surface area contributed by atoms with Crippen molar-refractivity contribution in [1.82, 2.24) is 10.6 Å². The first-order valence-corrected chi connectivity index (χ1v) is 13.1. The topological polar surface area (TPSA) is 207 Å². The zero-order chi connectivity index (χ0) is 29.8. The molecule has 3 atom stereocenters. The lowest BCUT2D eigenvalue weighted by Gasteiger charge is -2.23. The number of phenolic OH excluding ortho intramolecular Hbond substituents is 1. The number of carbonyl (C=O) groups is 2. The van der Waals surface area contributed by atoms with Crippen molar-refractivity contribution in [2.75, 3.05) is 13.1 Å². The zero-order valence-electron chi connectivity index (χ0n) is 23.5. The Kier molecular flexibility index (Phi) is 12.0. The van der Waals surface area contributed by atoms with Crippen LogP contribution >= 0.6 is 0 Å². The van der Waals surface area contributed by atoms with E-state index >= 15 is 0 Å². The Morgan fingerprint density at radius 2 is 1.62 bits per heavy atom. The summed E-state index contributed by atoms with van der Waals surface area (Å²) in [6, 6.07) is 12.0. The lowest BCUT2D eigenvalue weighted by Crippen LogP contribution is -2.44. The molecule has 0 unspecified atom stereocenters. The predicted molar refractivity (Wildman–Crippen MR) is 160 cm³/mol. The van der Waals surface area contributed by atoms with Crippen LogP contribution in [0, 0.1) is 19.8 Å². The molecule has 0 bridgehead atoms. The van der Waals surface area contributed by atoms with Gasteiger partial charge in [0.2, 0.25) is 5.91 Å². The van der Waals surface area contributed by atoms with Gasteiger partial charge in [-0.2, -0.15) is 0 Å². The molecule has 11 N–H and O–H groups in total. The Balaban J connectivity index is 2.06. The van der Waals surface area contributed by atoms with Crippen LogP contribution in [0.2, 0.25) is 0 Å². The van der Waals surface area contributed by atoms with Gasteiger partial charge in [-0.3, -0.25) is 9.59 Å². The van der Waals surface area contributed by atoms with Crippen LogP contribution in [-0.4, -0.2) is 53.9 Å². The van der Waals surface area contributed by atoms with Crippen LogP contribution in [0.1, 0.15) is 35.6 Å². The van der Waals surface area contributed by atoms with E-state index in [1.165, 1.54) is 0 Å². The SMILES string of the molecule is C=C(CN=C(N)N)N[C@H](CNC(=O)[C@@H](C)CC(=O)[C@H](Cc1c(C)cc(O)cc1C)N=C(N)N)Cc1ccccc1. The summed E-state index contributed by atoms with van der Waals surface area (Å²) in [6.45, 7) is 9.85. The smallest absolute Gasteiger partial charge is 0.223 e. The van der Waals surface area contributed by atoms with E-state index in [9.17, 15) is 14.7 Å². The number of nitrogens with two attached hydrogens (primary N) is 4. The molecule has 0 heterocycles. The van der Waals surface area contributed by atoms with Crippen molar-refractivity contribution in [3.05, 3.63) is 77.0 Å². The summed E-state index contributed by atoms with van der Waals surface area (Å²) < 4.78 is 0. The maximum atomic E-state index is 13.2. The lowest BCUT2D eigenvalue weighted by atomic mass is 9.91. The molecule has 0 saturated heterocycles. The maximum absolute atomic E-state index is 13.2. The summed E-state index contributed by atoms with van der Waals surface area (Å²) in [5, 5.41) is 16.1. The highest BCUT2D eigenvalue weighted by Gasteiger charge is 2.25. The van der Waals surface area contributed by atoms with Crippen molar-refractivity contribution in [2.24, 2.45) is 38.8 Å². The third kappa shape index (κ3) is 10.7. The highest BCUT2D eigenvalue weighted by Crippen LogP contribution is 2.23. The van der Waals surface area contributed by atoms with Gasteiger partial charge in [0.15, 0.2) is 17.7 Å². The molecule has 11 heteroatoms. The molecule has 1 amide bonds. The molecule has 2 aromatic carbocycles. The average molecular weight is 551 g/mol. The molecule has 0 aliphatic heterocycles. The van der Waals surface area contributed by atoms with Gasteiger partial charge in [-0.15, -0.1) is 0 Å². The van der Waals surface area contributed by atoms with E-state index in [0.29, 0.717) is 12.1 Å². The first-order valence-electron chi connectivity index (χ1n) is 13.1. The number of guanidine groups is 2. The fourth-order valence-corrected chi connectivity index (χ4v) is 4.42. The van der Waals surface area contributed by atoms with Gasteiger partial charge in [0.05, 0.1) is 6.54 Å². The second-order valence-corrected chi connectivity index (χ2v) is 10.0. The number of hydrogen-bond donors (Lipinski definition) is 7. The summed E-state index contributed by atoms with van der Waals surface area (Å²) in [6.07, 6.45) is 0.828. The number of phenols is 1. The van der Waals surface area contributed by atoms with Gasteiger partial charge < -0.3 is 38.7 Å². The summed E-state index contributed by atoms with van der Waals surface area (Å²) in [4.78, 5) is 34.4. The van der Waals surface area contributed by atoms with Crippen molar-refractivity contribution < 1.29 is 14.7 Å². The second kappa shape index (κ2) is 15.2. The quantitative estimate of drug-likeness (QED) is 0.125. The molecule has 11 nitrogen and oxygen atoms in total. The molecule has 0 saturated carbocycles. The number of rotatable bonds is 15. The van der Waals surface area contributed by atoms with Gasteiger partial charge in [0.25, 0.3) is 0 Å². The van der Waals surface area contributed by atoms with Gasteiger partial charge in [-0.05, 0) is 54.7 Å². The van der Waals surface area contributed by atoms with Crippen molar-refractivity contribution in [3.8, 4) is 5.75 Å². The van der Waals surface area contributed by atoms with Gasteiger partial charge in [0.1, 0.15) is 11.8 Å². The van der Waals surface area contributed by atoms with Gasteiger partial charge >= 0.3 is 0 Å². The minimum atomic E-state index is -0.853. The molecule has 0 aliphatic carbocycles. The number of carbonyl (C=O) groups excluding carboxylic acids is 2. The van der Waals surface area contributed by atoms with Crippen LogP contribution in [0.25, 0.3) is 0 Å². The number of aliphatic imine (C=N–C) groups is 2. The Morgan fingerprint density at radius 3 is 2.20 bits per heavy atom. The number of ketones is 1. The van der Waals surface area contributed by atoms with E-state index in [2.05, 4.69) is 27.2 Å². The largest absolute Gasteiger partial charge is 0.508 e. The van der Waals surface area contributed by atoms with E-state index in [1.54, 1.807) is 19.1 Å². The minimum Gasteiger partial charge on any atom is -0.508 e. The molecule has 216 valence electrons. The van der Waals surface area contributed by atoms with E-state index < -0.39 is 12.0 Å². The molecular formula is C29H42N8O3. The van der Waals surface area contributed by atoms with E-state index in [-0.39, 0.29) is 61.3 Å². The van der Waals surface area contributed by atoms with Crippen LogP contribution in [0.15, 0.2) is 64.7 Å². The fourth-order valence-electron chi connectivity index (χ4n) is 4.42. The molecule has 2 rings (SSSR count). The monoisotopic (exact) mass is 550 g/mol. The number of nitrogens with zero attached hydrogens (tertiary/aromatic N) is 2. The number of aromatic hydroxyl groups is 1. The first-order chi connectivity index (χ1) is 18.8. The van der Waals surface area contributed by atoms with E-state index in [1.807, 2.05) is 44.2 Å². The van der Waals surface area contributed by atoms with Crippen molar-refractivity contribution >= 4 is 23.6 Å². The predicted octanol–water partition coefficient (Wildman–Crippen LogP) is 0.893. The summed E-state index contributed by atoms with van der Waals surface area (Å²) in [7, 11) is 0. The van der Waals surface area contributed by atoms with Crippen LogP contribution in [0.3, 0.4) is 0 Å². The summed E-state index contributed by atoms with van der Waals surface area (Å²) in [5.74, 6) is -1.25. The Bertz CT molecular complexity index is 1210. The van der Waals surface area contributed by atoms with E-state index in [4.69, 9.17) is 22.9 Å². The third-order valence-electron chi connectivity index (χ3n) is 6.42. The molecule has 0 fully saturated rings. The summed E-state index contributed by atoms with van der Waals surface area (Å²) >= 11 is 0. The number of amides is 1. The molecule has 0 spiro atoms. The lowest BCUT2D eigenvalue weighted by molar-refractivity contribution is -0.129. The zero-order valence-corrected chi connectivity index (χ0v) is 23.5. The highest BCUT2D eigenvalue weighted by molar-refractivity contribution is 5.91. The first kappa shape index (κ1) is 31.7. The maximum Gasteiger partial charge on any atom is 0.223 e.